The molecule has 23 heavy (non-hydrogen) atoms. The third-order valence-corrected chi connectivity index (χ3v) is 3.54. The van der Waals surface area contributed by atoms with Gasteiger partial charge < -0.3 is 15.4 Å². The zero-order valence-electron chi connectivity index (χ0n) is 13.0. The van der Waals surface area contributed by atoms with Crippen molar-refractivity contribution in [2.45, 2.75) is 13.3 Å². The Morgan fingerprint density at radius 1 is 1.17 bits per heavy atom. The number of rotatable bonds is 5. The summed E-state index contributed by atoms with van der Waals surface area (Å²) in [5.74, 6) is -0.274. The molecule has 0 aromatic heterocycles. The maximum absolute atomic E-state index is 13.5. The van der Waals surface area contributed by atoms with E-state index in [0.29, 0.717) is 13.0 Å². The number of benzene rings is 2. The Labute approximate surface area is 139 Å². The van der Waals surface area contributed by atoms with Crippen molar-refractivity contribution in [2.75, 3.05) is 19.0 Å². The molecule has 0 fully saturated rings. The topological polar surface area (TPSA) is 33.3 Å². The van der Waals surface area contributed by atoms with Crippen molar-refractivity contribution in [2.24, 2.45) is 0 Å². The highest BCUT2D eigenvalue weighted by Crippen LogP contribution is 2.20. The highest BCUT2D eigenvalue weighted by molar-refractivity contribution is 7.80. The predicted octanol–water partition coefficient (Wildman–Crippen LogP) is 3.81. The van der Waals surface area contributed by atoms with Gasteiger partial charge in [-0.2, -0.15) is 0 Å². The second kappa shape index (κ2) is 7.87. The summed E-state index contributed by atoms with van der Waals surface area (Å²) in [6.45, 7) is 2.55. The minimum atomic E-state index is -0.559. The molecule has 0 amide bonds. The van der Waals surface area contributed by atoms with Gasteiger partial charge in [0.1, 0.15) is 17.4 Å². The molecule has 0 aliphatic rings. The van der Waals surface area contributed by atoms with Crippen molar-refractivity contribution < 1.29 is 13.5 Å². The van der Waals surface area contributed by atoms with Gasteiger partial charge in [0.2, 0.25) is 0 Å². The Kier molecular flexibility index (Phi) is 5.87. The zero-order valence-corrected chi connectivity index (χ0v) is 13.8. The molecular weight excluding hydrogens is 318 g/mol. The lowest BCUT2D eigenvalue weighted by molar-refractivity contribution is 0.409. The van der Waals surface area contributed by atoms with Gasteiger partial charge in [0.25, 0.3) is 0 Å². The SMILES string of the molecule is COc1ccc(C)cc1CCNC(=S)Nc1cc(F)ccc1F. The van der Waals surface area contributed by atoms with Crippen LogP contribution in [0.1, 0.15) is 11.1 Å². The maximum atomic E-state index is 13.5. The van der Waals surface area contributed by atoms with Gasteiger partial charge in [0, 0.05) is 12.6 Å². The molecule has 0 aliphatic carbocycles. The van der Waals surface area contributed by atoms with Crippen LogP contribution in [-0.2, 0) is 6.42 Å². The zero-order chi connectivity index (χ0) is 16.8. The Balaban J connectivity index is 1.90. The van der Waals surface area contributed by atoms with Crippen molar-refractivity contribution in [3.8, 4) is 5.75 Å². The molecule has 0 saturated heterocycles. The fraction of sp³-hybridized carbons (Fsp3) is 0.235. The van der Waals surface area contributed by atoms with Crippen molar-refractivity contribution in [3.63, 3.8) is 0 Å². The molecule has 122 valence electrons. The van der Waals surface area contributed by atoms with E-state index in [1.165, 1.54) is 0 Å². The largest absolute Gasteiger partial charge is 0.496 e. The molecule has 6 heteroatoms. The minimum Gasteiger partial charge on any atom is -0.496 e. The fourth-order valence-electron chi connectivity index (χ4n) is 2.17. The van der Waals surface area contributed by atoms with Crippen molar-refractivity contribution >= 4 is 23.0 Å². The molecule has 0 atom stereocenters. The first-order valence-corrected chi connectivity index (χ1v) is 7.54. The molecule has 0 unspecified atom stereocenters. The summed E-state index contributed by atoms with van der Waals surface area (Å²) in [7, 11) is 1.63. The van der Waals surface area contributed by atoms with Gasteiger partial charge in [0.05, 0.1) is 12.8 Å². The summed E-state index contributed by atoms with van der Waals surface area (Å²) in [6.07, 6.45) is 0.693. The average Bonchev–Trinajstić information content (AvgIpc) is 2.51. The fourth-order valence-corrected chi connectivity index (χ4v) is 2.39. The first-order valence-electron chi connectivity index (χ1n) is 7.13. The van der Waals surface area contributed by atoms with Crippen LogP contribution in [0.3, 0.4) is 0 Å². The van der Waals surface area contributed by atoms with E-state index < -0.39 is 11.6 Å². The standard InChI is InChI=1S/C17H18F2N2OS/c1-11-3-6-16(22-2)12(9-11)7-8-20-17(23)21-15-10-13(18)4-5-14(15)19/h3-6,9-10H,7-8H2,1-2H3,(H2,20,21,23). The van der Waals surface area contributed by atoms with Crippen LogP contribution in [-0.4, -0.2) is 18.8 Å². The van der Waals surface area contributed by atoms with Gasteiger partial charge in [-0.05, 0) is 49.3 Å². The van der Waals surface area contributed by atoms with Crippen LogP contribution in [0.25, 0.3) is 0 Å². The first kappa shape index (κ1) is 17.1. The number of methoxy groups -OCH3 is 1. The molecule has 0 spiro atoms. The Hall–Kier alpha value is -2.21. The summed E-state index contributed by atoms with van der Waals surface area (Å²) in [5.41, 5.74) is 2.21. The molecule has 2 N–H and O–H groups in total. The van der Waals surface area contributed by atoms with Gasteiger partial charge in [0.15, 0.2) is 5.11 Å². The summed E-state index contributed by atoms with van der Waals surface area (Å²) >= 11 is 5.10. The van der Waals surface area contributed by atoms with Crippen LogP contribution in [0.15, 0.2) is 36.4 Å². The Morgan fingerprint density at radius 3 is 2.70 bits per heavy atom. The van der Waals surface area contributed by atoms with Gasteiger partial charge in [-0.25, -0.2) is 8.78 Å². The highest BCUT2D eigenvalue weighted by atomic mass is 32.1. The molecule has 0 radical (unpaired) electrons. The van der Waals surface area contributed by atoms with Crippen LogP contribution < -0.4 is 15.4 Å². The highest BCUT2D eigenvalue weighted by Gasteiger charge is 2.07. The first-order chi connectivity index (χ1) is 11.0. The molecule has 2 rings (SSSR count). The van der Waals surface area contributed by atoms with Crippen molar-refractivity contribution in [1.29, 1.82) is 0 Å². The molecule has 0 bridgehead atoms. The van der Waals surface area contributed by atoms with E-state index in [4.69, 9.17) is 17.0 Å². The Morgan fingerprint density at radius 2 is 1.96 bits per heavy atom. The van der Waals surface area contributed by atoms with E-state index >= 15 is 0 Å². The van der Waals surface area contributed by atoms with Crippen LogP contribution in [0.2, 0.25) is 0 Å². The molecule has 2 aromatic rings. The quantitative estimate of drug-likeness (QED) is 0.814. The number of aryl methyl sites for hydroxylation is 1. The van der Waals surface area contributed by atoms with Crippen LogP contribution in [0.5, 0.6) is 5.75 Å². The van der Waals surface area contributed by atoms with Crippen molar-refractivity contribution in [1.82, 2.24) is 5.32 Å². The number of hydrogen-bond acceptors (Lipinski definition) is 2. The monoisotopic (exact) mass is 336 g/mol. The van der Waals surface area contributed by atoms with Gasteiger partial charge in [-0.15, -0.1) is 0 Å². The number of thiocarbonyl (C=S) groups is 1. The van der Waals surface area contributed by atoms with E-state index in [0.717, 1.165) is 35.1 Å². The average molecular weight is 336 g/mol. The maximum Gasteiger partial charge on any atom is 0.170 e. The number of nitrogens with one attached hydrogen (secondary N) is 2. The third-order valence-electron chi connectivity index (χ3n) is 3.29. The molecule has 0 saturated carbocycles. The van der Waals surface area contributed by atoms with Crippen LogP contribution in [0.4, 0.5) is 14.5 Å². The third kappa shape index (κ3) is 4.89. The van der Waals surface area contributed by atoms with E-state index in [1.807, 2.05) is 25.1 Å². The minimum absolute atomic E-state index is 0.00985. The van der Waals surface area contributed by atoms with E-state index in [2.05, 4.69) is 10.6 Å². The van der Waals surface area contributed by atoms with Crippen LogP contribution in [0, 0.1) is 18.6 Å². The summed E-state index contributed by atoms with van der Waals surface area (Å²) in [4.78, 5) is 0. The lowest BCUT2D eigenvalue weighted by atomic mass is 10.1. The Bertz CT molecular complexity index is 707. The number of ether oxygens (including phenoxy) is 1. The number of anilines is 1. The number of halogens is 2. The van der Waals surface area contributed by atoms with Gasteiger partial charge in [-0.3, -0.25) is 0 Å². The normalized spacial score (nSPS) is 10.3. The van der Waals surface area contributed by atoms with E-state index in [1.54, 1.807) is 7.11 Å². The van der Waals surface area contributed by atoms with Gasteiger partial charge in [-0.1, -0.05) is 17.7 Å². The predicted molar refractivity (Wildman–Crippen MR) is 92.0 cm³/mol. The van der Waals surface area contributed by atoms with Gasteiger partial charge >= 0.3 is 0 Å². The lowest BCUT2D eigenvalue weighted by Gasteiger charge is -2.13. The van der Waals surface area contributed by atoms with Crippen LogP contribution >= 0.6 is 12.2 Å². The second-order valence-electron chi connectivity index (χ2n) is 5.07. The van der Waals surface area contributed by atoms with E-state index in [-0.39, 0.29) is 10.8 Å². The van der Waals surface area contributed by atoms with Crippen molar-refractivity contribution in [3.05, 3.63) is 59.2 Å². The smallest absolute Gasteiger partial charge is 0.170 e. The van der Waals surface area contributed by atoms with E-state index in [9.17, 15) is 8.78 Å². The molecular formula is C17H18F2N2OS. The molecule has 0 heterocycles. The summed E-state index contributed by atoms with van der Waals surface area (Å²) in [5, 5.41) is 5.86. The molecule has 0 aliphatic heterocycles. The lowest BCUT2D eigenvalue weighted by Crippen LogP contribution is -2.30. The number of hydrogen-bond donors (Lipinski definition) is 2. The summed E-state index contributed by atoms with van der Waals surface area (Å²) < 4.78 is 31.9. The second-order valence-corrected chi connectivity index (χ2v) is 5.48. The molecule has 2 aromatic carbocycles. The molecule has 3 nitrogen and oxygen atoms in total. The summed E-state index contributed by atoms with van der Waals surface area (Å²) in [6, 6.07) is 9.12.